The minimum absolute atomic E-state index is 0.135. The predicted octanol–water partition coefficient (Wildman–Crippen LogP) is 5.79. The van der Waals surface area contributed by atoms with Gasteiger partial charge in [-0.25, -0.2) is 8.42 Å². The molecule has 40 heavy (non-hydrogen) atoms. The quantitative estimate of drug-likeness (QED) is 0.246. The van der Waals surface area contributed by atoms with Crippen LogP contribution in [0.25, 0.3) is 10.9 Å². The van der Waals surface area contributed by atoms with Crippen LogP contribution in [0, 0.1) is 0 Å². The van der Waals surface area contributed by atoms with Gasteiger partial charge in [-0.3, -0.25) is 4.79 Å². The van der Waals surface area contributed by atoms with Crippen molar-refractivity contribution in [1.29, 1.82) is 0 Å². The van der Waals surface area contributed by atoms with Crippen LogP contribution in [0.1, 0.15) is 35.4 Å². The number of hydrogen-bond acceptors (Lipinski definition) is 5. The number of H-pyrrole nitrogens is 1. The number of phenolic OH excluding ortho intramolecular Hbond substituents is 1. The molecule has 0 amide bonds. The Hall–Kier alpha value is -3.54. The highest BCUT2D eigenvalue weighted by Crippen LogP contribution is 2.36. The Morgan fingerprint density at radius 2 is 1.50 bits per heavy atom. The van der Waals surface area contributed by atoms with Crippen molar-refractivity contribution in [3.8, 4) is 5.75 Å². The van der Waals surface area contributed by atoms with Crippen molar-refractivity contribution in [2.45, 2.75) is 30.3 Å². The van der Waals surface area contributed by atoms with Crippen LogP contribution in [0.15, 0.2) is 77.6 Å². The van der Waals surface area contributed by atoms with Crippen molar-refractivity contribution in [3.05, 3.63) is 105 Å². The summed E-state index contributed by atoms with van der Waals surface area (Å²) in [5, 5.41) is 14.4. The fourth-order valence-electron chi connectivity index (χ4n) is 5.08. The number of nitrogens with one attached hydrogen (secondary N) is 2. The molecule has 0 aliphatic carbocycles. The second-order valence-corrected chi connectivity index (χ2v) is 12.1. The van der Waals surface area contributed by atoms with Crippen LogP contribution in [0.3, 0.4) is 0 Å². The molecule has 5 rings (SSSR count). The van der Waals surface area contributed by atoms with Crippen molar-refractivity contribution in [2.75, 3.05) is 18.4 Å². The molecule has 7 nitrogen and oxygen atoms in total. The maximum atomic E-state index is 13.0. The maximum absolute atomic E-state index is 13.0. The van der Waals surface area contributed by atoms with Gasteiger partial charge in [0.2, 0.25) is 5.56 Å². The number of sulfonamides is 1. The summed E-state index contributed by atoms with van der Waals surface area (Å²) in [6, 6.07) is 21.0. The van der Waals surface area contributed by atoms with E-state index >= 15 is 0 Å². The van der Waals surface area contributed by atoms with Crippen LogP contribution >= 0.6 is 11.6 Å². The normalized spacial score (nSPS) is 16.2. The third-order valence-electron chi connectivity index (χ3n) is 7.08. The van der Waals surface area contributed by atoms with Crippen molar-refractivity contribution < 1.29 is 26.7 Å². The molecule has 4 aromatic rings. The van der Waals surface area contributed by atoms with Gasteiger partial charge < -0.3 is 15.4 Å². The van der Waals surface area contributed by atoms with E-state index in [9.17, 15) is 31.5 Å². The second-order valence-electron chi connectivity index (χ2n) is 9.70. The number of benzene rings is 3. The van der Waals surface area contributed by atoms with Crippen molar-refractivity contribution in [3.63, 3.8) is 0 Å². The molecular formula is C28H25ClF3N3O4S. The standard InChI is InChI=1S/C28H25ClF3N3O4S/c29-20-6-1-17(2-7-20)27(18-3-8-22(36)9-4-18)19-5-10-24-23(15-19)25(16-26(37)34-24)33-21-11-13-35(14-12-21)40(38,39)28(30,31)32/h1-10,15-16,21,27,36H,11-14H2,(H2,33,34,37). The Kier molecular flexibility index (Phi) is 7.56. The van der Waals surface area contributed by atoms with Gasteiger partial charge >= 0.3 is 15.5 Å². The van der Waals surface area contributed by atoms with Crippen molar-refractivity contribution in [2.24, 2.45) is 0 Å². The van der Waals surface area contributed by atoms with Gasteiger partial charge in [-0.05, 0) is 65.9 Å². The van der Waals surface area contributed by atoms with E-state index in [0.717, 1.165) is 16.7 Å². The minimum atomic E-state index is -5.38. The van der Waals surface area contributed by atoms with Gasteiger partial charge in [0.25, 0.3) is 0 Å². The zero-order chi connectivity index (χ0) is 28.7. The molecule has 0 radical (unpaired) electrons. The van der Waals surface area contributed by atoms with E-state index in [1.54, 1.807) is 30.3 Å². The fraction of sp³-hybridized carbons (Fsp3) is 0.250. The highest BCUT2D eigenvalue weighted by Gasteiger charge is 2.50. The fourth-order valence-corrected chi connectivity index (χ4v) is 6.19. The molecule has 1 fully saturated rings. The Morgan fingerprint density at radius 1 is 0.925 bits per heavy atom. The van der Waals surface area contributed by atoms with Crippen molar-refractivity contribution >= 4 is 38.2 Å². The zero-order valence-electron chi connectivity index (χ0n) is 21.0. The number of alkyl halides is 3. The molecule has 1 unspecified atom stereocenters. The third kappa shape index (κ3) is 5.67. The number of piperidine rings is 1. The monoisotopic (exact) mass is 591 g/mol. The van der Waals surface area contributed by atoms with Gasteiger partial charge in [-0.1, -0.05) is 41.9 Å². The Bertz CT molecular complexity index is 1640. The van der Waals surface area contributed by atoms with Crippen LogP contribution in [-0.4, -0.2) is 47.5 Å². The molecule has 12 heteroatoms. The number of pyridine rings is 1. The number of anilines is 1. The first kappa shape index (κ1) is 28.0. The number of halogens is 4. The summed E-state index contributed by atoms with van der Waals surface area (Å²) in [5.41, 5.74) is -1.88. The summed E-state index contributed by atoms with van der Waals surface area (Å²) in [7, 11) is -5.38. The summed E-state index contributed by atoms with van der Waals surface area (Å²) < 4.78 is 62.9. The van der Waals surface area contributed by atoms with Crippen LogP contribution in [-0.2, 0) is 10.0 Å². The van der Waals surface area contributed by atoms with Crippen LogP contribution < -0.4 is 10.9 Å². The molecule has 210 valence electrons. The summed E-state index contributed by atoms with van der Waals surface area (Å²) in [6.07, 6.45) is 0.286. The number of fused-ring (bicyclic) bond motifs is 1. The maximum Gasteiger partial charge on any atom is 0.511 e. The smallest absolute Gasteiger partial charge is 0.508 e. The highest BCUT2D eigenvalue weighted by molar-refractivity contribution is 7.90. The SMILES string of the molecule is O=c1cc(NC2CCN(S(=O)(=O)C(F)(F)F)CC2)c2cc(C(c3ccc(O)cc3)c3ccc(Cl)cc3)ccc2[nH]1. The van der Waals surface area contributed by atoms with E-state index in [4.69, 9.17) is 11.6 Å². The van der Waals surface area contributed by atoms with Gasteiger partial charge in [0, 0.05) is 47.2 Å². The lowest BCUT2D eigenvalue weighted by Crippen LogP contribution is -2.47. The number of aromatic hydroxyl groups is 1. The molecule has 1 aliphatic rings. The lowest BCUT2D eigenvalue weighted by atomic mass is 9.84. The first-order valence-electron chi connectivity index (χ1n) is 12.5. The summed E-state index contributed by atoms with van der Waals surface area (Å²) >= 11 is 6.12. The number of hydrogen-bond donors (Lipinski definition) is 3. The number of rotatable bonds is 6. The van der Waals surface area contributed by atoms with Gasteiger partial charge in [0.05, 0.1) is 5.52 Å². The first-order valence-corrected chi connectivity index (χ1v) is 14.3. The van der Waals surface area contributed by atoms with E-state index in [1.807, 2.05) is 36.4 Å². The number of aromatic amines is 1. The second kappa shape index (κ2) is 10.8. The Labute approximate surface area is 233 Å². The predicted molar refractivity (Wildman–Crippen MR) is 148 cm³/mol. The summed E-state index contributed by atoms with van der Waals surface area (Å²) in [5.74, 6) is -0.104. The minimum Gasteiger partial charge on any atom is -0.508 e. The summed E-state index contributed by atoms with van der Waals surface area (Å²) in [6.45, 7) is -0.573. The van der Waals surface area contributed by atoms with E-state index in [0.29, 0.717) is 25.9 Å². The van der Waals surface area contributed by atoms with Gasteiger partial charge in [0.1, 0.15) is 5.75 Å². The number of phenols is 1. The molecule has 0 bridgehead atoms. The molecule has 1 aliphatic heterocycles. The molecule has 1 saturated heterocycles. The van der Waals surface area contributed by atoms with Gasteiger partial charge in [-0.2, -0.15) is 17.5 Å². The molecular weight excluding hydrogens is 567 g/mol. The van der Waals surface area contributed by atoms with Crippen LogP contribution in [0.5, 0.6) is 5.75 Å². The lowest BCUT2D eigenvalue weighted by molar-refractivity contribution is -0.0494. The largest absolute Gasteiger partial charge is 0.511 e. The topological polar surface area (TPSA) is 102 Å². The molecule has 3 aromatic carbocycles. The van der Waals surface area contributed by atoms with Gasteiger partial charge in [-0.15, -0.1) is 0 Å². The molecule has 0 saturated carbocycles. The third-order valence-corrected chi connectivity index (χ3v) is 8.96. The van der Waals surface area contributed by atoms with Gasteiger partial charge in [0.15, 0.2) is 0 Å². The molecule has 3 N–H and O–H groups in total. The van der Waals surface area contributed by atoms with E-state index in [1.165, 1.54) is 6.07 Å². The highest BCUT2D eigenvalue weighted by atomic mass is 35.5. The average Bonchev–Trinajstić information content (AvgIpc) is 2.91. The van der Waals surface area contributed by atoms with E-state index in [-0.39, 0.29) is 49.2 Å². The lowest BCUT2D eigenvalue weighted by Gasteiger charge is -2.32. The summed E-state index contributed by atoms with van der Waals surface area (Å²) in [4.78, 5) is 15.2. The molecule has 2 heterocycles. The van der Waals surface area contributed by atoms with Crippen LogP contribution in [0.2, 0.25) is 5.02 Å². The number of nitrogens with zero attached hydrogens (tertiary/aromatic N) is 1. The average molecular weight is 592 g/mol. The first-order chi connectivity index (χ1) is 18.9. The van der Waals surface area contributed by atoms with E-state index < -0.39 is 15.5 Å². The van der Waals surface area contributed by atoms with Crippen molar-refractivity contribution in [1.82, 2.24) is 9.29 Å². The molecule has 1 atom stereocenters. The molecule has 1 aromatic heterocycles. The van der Waals surface area contributed by atoms with E-state index in [2.05, 4.69) is 10.3 Å². The number of aromatic nitrogens is 1. The Morgan fingerprint density at radius 3 is 2.10 bits per heavy atom. The molecule has 0 spiro atoms. The Balaban J connectivity index is 1.49. The van der Waals surface area contributed by atoms with Crippen LogP contribution in [0.4, 0.5) is 18.9 Å². The zero-order valence-corrected chi connectivity index (χ0v) is 22.5.